The Morgan fingerprint density at radius 2 is 1.96 bits per heavy atom. The molecule has 6 nitrogen and oxygen atoms in total. The Kier molecular flexibility index (Phi) is 3.83. The normalized spacial score (nSPS) is 18.2. The van der Waals surface area contributed by atoms with Crippen molar-refractivity contribution in [1.82, 2.24) is 19.7 Å². The lowest BCUT2D eigenvalue weighted by Crippen LogP contribution is -2.48. The largest absolute Gasteiger partial charge is 0.354 e. The van der Waals surface area contributed by atoms with Crippen LogP contribution in [0.15, 0.2) is 35.3 Å². The van der Waals surface area contributed by atoms with Gasteiger partial charge in [-0.2, -0.15) is 5.10 Å². The van der Waals surface area contributed by atoms with E-state index in [4.69, 9.17) is 0 Å². The summed E-state index contributed by atoms with van der Waals surface area (Å²) in [6, 6.07) is 7.77. The van der Waals surface area contributed by atoms with Gasteiger partial charge in [0.1, 0.15) is 5.82 Å². The van der Waals surface area contributed by atoms with Crippen LogP contribution in [0.1, 0.15) is 17.7 Å². The molecule has 0 N–H and O–H groups in total. The molecule has 6 heteroatoms. The average Bonchev–Trinajstić information content (AvgIpc) is 3.04. The lowest BCUT2D eigenvalue weighted by molar-refractivity contribution is 0.190. The Bertz CT molecular complexity index is 734. The van der Waals surface area contributed by atoms with E-state index in [1.54, 1.807) is 10.7 Å². The third-order valence-corrected chi connectivity index (χ3v) is 4.70. The number of pyridine rings is 1. The van der Waals surface area contributed by atoms with Crippen molar-refractivity contribution in [1.29, 1.82) is 0 Å². The van der Waals surface area contributed by atoms with Crippen molar-refractivity contribution < 1.29 is 0 Å². The topological polar surface area (TPSA) is 54.3 Å². The molecule has 1 saturated heterocycles. The molecule has 4 rings (SSSR count). The number of aryl methyl sites for hydroxylation is 2. The first kappa shape index (κ1) is 14.4. The molecule has 0 amide bonds. The number of hydrogen-bond acceptors (Lipinski definition) is 5. The van der Waals surface area contributed by atoms with Crippen molar-refractivity contribution in [3.63, 3.8) is 0 Å². The third kappa shape index (κ3) is 2.99. The van der Waals surface area contributed by atoms with Crippen LogP contribution in [0.4, 0.5) is 5.82 Å². The van der Waals surface area contributed by atoms with Crippen molar-refractivity contribution >= 4 is 5.82 Å². The molecular weight excluding hydrogens is 290 g/mol. The van der Waals surface area contributed by atoms with Gasteiger partial charge in [-0.3, -0.25) is 9.69 Å². The fraction of sp³-hybridized carbons (Fsp3) is 0.471. The first-order valence-electron chi connectivity index (χ1n) is 8.28. The summed E-state index contributed by atoms with van der Waals surface area (Å²) < 4.78 is 1.63. The maximum absolute atomic E-state index is 12.2. The number of anilines is 1. The quantitative estimate of drug-likeness (QED) is 0.843. The first-order chi connectivity index (χ1) is 11.3. The van der Waals surface area contributed by atoms with Gasteiger partial charge in [-0.1, -0.05) is 6.07 Å². The zero-order valence-corrected chi connectivity index (χ0v) is 13.2. The molecule has 1 aliphatic carbocycles. The molecule has 0 saturated carbocycles. The summed E-state index contributed by atoms with van der Waals surface area (Å²) in [6.45, 7) is 4.28. The van der Waals surface area contributed by atoms with Gasteiger partial charge in [0.15, 0.2) is 0 Å². The molecule has 0 spiro atoms. The highest BCUT2D eigenvalue weighted by Gasteiger charge is 2.20. The highest BCUT2D eigenvalue weighted by atomic mass is 16.1. The minimum Gasteiger partial charge on any atom is -0.354 e. The minimum atomic E-state index is 0.0257. The van der Waals surface area contributed by atoms with E-state index in [0.29, 0.717) is 6.67 Å². The van der Waals surface area contributed by atoms with Crippen LogP contribution < -0.4 is 10.5 Å². The summed E-state index contributed by atoms with van der Waals surface area (Å²) in [5, 5.41) is 4.56. The molecule has 1 fully saturated rings. The molecule has 2 aliphatic rings. The number of aromatic nitrogens is 3. The Balaban J connectivity index is 1.41. The zero-order valence-electron chi connectivity index (χ0n) is 13.2. The first-order valence-corrected chi connectivity index (χ1v) is 8.28. The molecule has 2 aromatic heterocycles. The Hall–Kier alpha value is -2.21. The van der Waals surface area contributed by atoms with Gasteiger partial charge in [-0.15, -0.1) is 0 Å². The van der Waals surface area contributed by atoms with Crippen molar-refractivity contribution in [3.05, 3.63) is 52.1 Å². The van der Waals surface area contributed by atoms with E-state index in [1.165, 1.54) is 0 Å². The summed E-state index contributed by atoms with van der Waals surface area (Å²) in [5.41, 5.74) is 2.28. The maximum Gasteiger partial charge on any atom is 0.268 e. The van der Waals surface area contributed by atoms with E-state index in [2.05, 4.69) is 19.9 Å². The molecule has 1 aliphatic heterocycles. The SMILES string of the molecule is O=c1cc2c(nn1CN1CCN(c3ccccn3)CC1)CCC2. The highest BCUT2D eigenvalue weighted by molar-refractivity contribution is 5.38. The number of piperazine rings is 1. The van der Waals surface area contributed by atoms with Gasteiger partial charge in [0.25, 0.3) is 5.56 Å². The van der Waals surface area contributed by atoms with E-state index < -0.39 is 0 Å². The highest BCUT2D eigenvalue weighted by Crippen LogP contribution is 2.17. The third-order valence-electron chi connectivity index (χ3n) is 4.70. The van der Waals surface area contributed by atoms with E-state index in [1.807, 2.05) is 24.4 Å². The van der Waals surface area contributed by atoms with Crippen LogP contribution in [0.5, 0.6) is 0 Å². The lowest BCUT2D eigenvalue weighted by atomic mass is 10.2. The predicted octanol–water partition coefficient (Wildman–Crippen LogP) is 0.907. The van der Waals surface area contributed by atoms with E-state index in [0.717, 1.165) is 62.5 Å². The van der Waals surface area contributed by atoms with Crippen molar-refractivity contribution in [2.24, 2.45) is 0 Å². The van der Waals surface area contributed by atoms with Gasteiger partial charge >= 0.3 is 0 Å². The van der Waals surface area contributed by atoms with Crippen LogP contribution in [0, 0.1) is 0 Å². The molecular formula is C17H21N5O. The number of rotatable bonds is 3. The standard InChI is InChI=1S/C17H21N5O/c23-17-12-14-4-3-5-15(14)19-22(17)13-20-8-10-21(11-9-20)16-6-1-2-7-18-16/h1-2,6-7,12H,3-5,8-11,13H2. The van der Waals surface area contributed by atoms with Gasteiger partial charge < -0.3 is 4.90 Å². The second kappa shape index (κ2) is 6.12. The molecule has 23 heavy (non-hydrogen) atoms. The van der Waals surface area contributed by atoms with Crippen LogP contribution in [-0.4, -0.2) is 45.8 Å². The van der Waals surface area contributed by atoms with Crippen LogP contribution in [0.25, 0.3) is 0 Å². The minimum absolute atomic E-state index is 0.0257. The number of hydrogen-bond donors (Lipinski definition) is 0. The van der Waals surface area contributed by atoms with Crippen molar-refractivity contribution in [2.45, 2.75) is 25.9 Å². The predicted molar refractivity (Wildman–Crippen MR) is 88.5 cm³/mol. The summed E-state index contributed by atoms with van der Waals surface area (Å²) in [6.07, 6.45) is 4.95. The summed E-state index contributed by atoms with van der Waals surface area (Å²) >= 11 is 0. The van der Waals surface area contributed by atoms with Gasteiger partial charge in [0.2, 0.25) is 0 Å². The van der Waals surface area contributed by atoms with Crippen LogP contribution in [0.2, 0.25) is 0 Å². The molecule has 0 radical (unpaired) electrons. The molecule has 3 heterocycles. The van der Waals surface area contributed by atoms with E-state index in [9.17, 15) is 4.79 Å². The van der Waals surface area contributed by atoms with Crippen LogP contribution >= 0.6 is 0 Å². The fourth-order valence-electron chi connectivity index (χ4n) is 3.39. The summed E-state index contributed by atoms with van der Waals surface area (Å²) in [5.74, 6) is 1.03. The number of fused-ring (bicyclic) bond motifs is 1. The zero-order chi connectivity index (χ0) is 15.6. The van der Waals surface area contributed by atoms with Gasteiger partial charge in [-0.05, 0) is 37.0 Å². The van der Waals surface area contributed by atoms with Crippen molar-refractivity contribution in [3.8, 4) is 0 Å². The monoisotopic (exact) mass is 311 g/mol. The average molecular weight is 311 g/mol. The van der Waals surface area contributed by atoms with E-state index >= 15 is 0 Å². The lowest BCUT2D eigenvalue weighted by Gasteiger charge is -2.35. The van der Waals surface area contributed by atoms with Crippen LogP contribution in [-0.2, 0) is 19.5 Å². The molecule has 120 valence electrons. The fourth-order valence-corrected chi connectivity index (χ4v) is 3.39. The van der Waals surface area contributed by atoms with Crippen molar-refractivity contribution in [2.75, 3.05) is 31.1 Å². The van der Waals surface area contributed by atoms with E-state index in [-0.39, 0.29) is 5.56 Å². The van der Waals surface area contributed by atoms with Gasteiger partial charge in [0, 0.05) is 38.4 Å². The second-order valence-electron chi connectivity index (χ2n) is 6.24. The molecule has 0 unspecified atom stereocenters. The Labute approximate surface area is 135 Å². The summed E-state index contributed by atoms with van der Waals surface area (Å²) in [4.78, 5) is 21.2. The maximum atomic E-state index is 12.2. The smallest absolute Gasteiger partial charge is 0.268 e. The van der Waals surface area contributed by atoms with Gasteiger partial charge in [0.05, 0.1) is 12.4 Å². The molecule has 0 bridgehead atoms. The Morgan fingerprint density at radius 3 is 2.74 bits per heavy atom. The van der Waals surface area contributed by atoms with Crippen LogP contribution in [0.3, 0.4) is 0 Å². The molecule has 2 aromatic rings. The van der Waals surface area contributed by atoms with Gasteiger partial charge in [-0.25, -0.2) is 9.67 Å². The Morgan fingerprint density at radius 1 is 1.09 bits per heavy atom. The molecule has 0 atom stereocenters. The second-order valence-corrected chi connectivity index (χ2v) is 6.24. The molecule has 0 aromatic carbocycles. The number of nitrogens with zero attached hydrogens (tertiary/aromatic N) is 5. The summed E-state index contributed by atoms with van der Waals surface area (Å²) in [7, 11) is 0.